The van der Waals surface area contributed by atoms with Crippen LogP contribution < -0.4 is 0 Å². The van der Waals surface area contributed by atoms with E-state index in [1.54, 1.807) is 25.8 Å². The Bertz CT molecular complexity index is 570. The van der Waals surface area contributed by atoms with Gasteiger partial charge < -0.3 is 10.0 Å². The van der Waals surface area contributed by atoms with E-state index in [9.17, 15) is 23.1 Å². The standard InChI is InChI=1S/C13H23N3O5S/c1-8(2)11(13(18)19)15(4)12(17)9-5-16(6-9)22(20,21)10-7-14(10)3/h8-11H,5-7H2,1-4H3,(H,18,19). The molecule has 2 rings (SSSR count). The molecule has 2 heterocycles. The highest BCUT2D eigenvalue weighted by Gasteiger charge is 2.51. The lowest BCUT2D eigenvalue weighted by Crippen LogP contribution is -2.59. The van der Waals surface area contributed by atoms with Crippen LogP contribution in [0.1, 0.15) is 13.8 Å². The predicted octanol–water partition coefficient (Wildman–Crippen LogP) is -0.913. The topological polar surface area (TPSA) is 98.0 Å². The highest BCUT2D eigenvalue weighted by Crippen LogP contribution is 2.30. The lowest BCUT2D eigenvalue weighted by atomic mass is 9.97. The average molecular weight is 333 g/mol. The van der Waals surface area contributed by atoms with Gasteiger partial charge in [0, 0.05) is 26.7 Å². The Kier molecular flexibility index (Phi) is 4.51. The van der Waals surface area contributed by atoms with Crippen molar-refractivity contribution in [3.05, 3.63) is 0 Å². The zero-order valence-corrected chi connectivity index (χ0v) is 14.1. The quantitative estimate of drug-likeness (QED) is 0.632. The van der Waals surface area contributed by atoms with Crippen molar-refractivity contribution in [2.45, 2.75) is 25.3 Å². The normalized spacial score (nSPS) is 27.3. The molecule has 9 heteroatoms. The highest BCUT2D eigenvalue weighted by molar-refractivity contribution is 7.90. The molecule has 2 fully saturated rings. The molecule has 0 aromatic carbocycles. The third-order valence-electron chi connectivity index (χ3n) is 4.35. The van der Waals surface area contributed by atoms with E-state index >= 15 is 0 Å². The van der Waals surface area contributed by atoms with Crippen molar-refractivity contribution in [3.8, 4) is 0 Å². The molecule has 126 valence electrons. The maximum atomic E-state index is 12.3. The van der Waals surface area contributed by atoms with Crippen molar-refractivity contribution in [2.24, 2.45) is 11.8 Å². The van der Waals surface area contributed by atoms with E-state index in [1.807, 2.05) is 0 Å². The van der Waals surface area contributed by atoms with Gasteiger partial charge in [-0.05, 0) is 13.0 Å². The fourth-order valence-electron chi connectivity index (χ4n) is 2.82. The van der Waals surface area contributed by atoms with Crippen molar-refractivity contribution in [1.29, 1.82) is 0 Å². The van der Waals surface area contributed by atoms with Crippen LogP contribution in [0.5, 0.6) is 0 Å². The largest absolute Gasteiger partial charge is 0.480 e. The first kappa shape index (κ1) is 17.2. The summed E-state index contributed by atoms with van der Waals surface area (Å²) in [5.74, 6) is -2.03. The summed E-state index contributed by atoms with van der Waals surface area (Å²) in [7, 11) is -0.151. The smallest absolute Gasteiger partial charge is 0.326 e. The van der Waals surface area contributed by atoms with E-state index in [2.05, 4.69) is 0 Å². The summed E-state index contributed by atoms with van der Waals surface area (Å²) in [5, 5.41) is 8.75. The number of carbonyl (C=O) groups is 2. The van der Waals surface area contributed by atoms with Gasteiger partial charge in [-0.1, -0.05) is 13.8 Å². The van der Waals surface area contributed by atoms with Crippen LogP contribution in [0.15, 0.2) is 0 Å². The van der Waals surface area contributed by atoms with Crippen LogP contribution in [-0.4, -0.2) is 84.7 Å². The lowest BCUT2D eigenvalue weighted by molar-refractivity contribution is -0.154. The molecule has 1 N–H and O–H groups in total. The lowest BCUT2D eigenvalue weighted by Gasteiger charge is -2.40. The third-order valence-corrected chi connectivity index (χ3v) is 6.57. The highest BCUT2D eigenvalue weighted by atomic mass is 32.2. The van der Waals surface area contributed by atoms with E-state index in [0.717, 1.165) is 0 Å². The third kappa shape index (κ3) is 2.97. The fraction of sp³-hybridized carbons (Fsp3) is 0.846. The van der Waals surface area contributed by atoms with Crippen molar-refractivity contribution in [3.63, 3.8) is 0 Å². The van der Waals surface area contributed by atoms with Gasteiger partial charge in [-0.3, -0.25) is 9.69 Å². The van der Waals surface area contributed by atoms with Crippen LogP contribution in [0.2, 0.25) is 0 Å². The van der Waals surface area contributed by atoms with Crippen molar-refractivity contribution >= 4 is 21.9 Å². The molecular formula is C13H23N3O5S. The van der Waals surface area contributed by atoms with E-state index < -0.39 is 33.3 Å². The van der Waals surface area contributed by atoms with Gasteiger partial charge in [0.05, 0.1) is 5.92 Å². The van der Waals surface area contributed by atoms with Gasteiger partial charge in [-0.15, -0.1) is 0 Å². The number of carboxylic acids is 1. The molecule has 2 aliphatic heterocycles. The Morgan fingerprint density at radius 1 is 1.23 bits per heavy atom. The van der Waals surface area contributed by atoms with Gasteiger partial charge in [0.1, 0.15) is 11.4 Å². The van der Waals surface area contributed by atoms with Gasteiger partial charge in [0.2, 0.25) is 15.9 Å². The second-order valence-electron chi connectivity index (χ2n) is 6.43. The van der Waals surface area contributed by atoms with Crippen LogP contribution in [0.25, 0.3) is 0 Å². The van der Waals surface area contributed by atoms with Crippen LogP contribution in [0.4, 0.5) is 0 Å². The zero-order chi connectivity index (χ0) is 16.8. The van der Waals surface area contributed by atoms with Gasteiger partial charge in [0.15, 0.2) is 0 Å². The van der Waals surface area contributed by atoms with Crippen LogP contribution in [0, 0.1) is 11.8 Å². The number of hydrogen-bond donors (Lipinski definition) is 1. The van der Waals surface area contributed by atoms with Gasteiger partial charge >= 0.3 is 5.97 Å². The summed E-state index contributed by atoms with van der Waals surface area (Å²) >= 11 is 0. The molecule has 22 heavy (non-hydrogen) atoms. The number of carbonyl (C=O) groups excluding carboxylic acids is 1. The molecule has 1 amide bonds. The summed E-state index contributed by atoms with van der Waals surface area (Å²) in [6, 6.07) is -0.896. The Hall–Kier alpha value is -1.19. The summed E-state index contributed by atoms with van der Waals surface area (Å²) in [6.07, 6.45) is 0. The Labute approximate surface area is 130 Å². The monoisotopic (exact) mass is 333 g/mol. The summed E-state index contributed by atoms with van der Waals surface area (Å²) < 4.78 is 25.6. The molecule has 0 saturated carbocycles. The van der Waals surface area contributed by atoms with Gasteiger partial charge in [-0.2, -0.15) is 4.31 Å². The number of likely N-dealkylation sites (N-methyl/N-ethyl adjacent to an activating group) is 2. The Balaban J connectivity index is 1.95. The van der Waals surface area contributed by atoms with E-state index in [-0.39, 0.29) is 24.9 Å². The first-order valence-corrected chi connectivity index (χ1v) is 8.76. The first-order chi connectivity index (χ1) is 10.1. The molecule has 0 aromatic rings. The minimum atomic E-state index is -3.35. The molecule has 0 aliphatic carbocycles. The minimum absolute atomic E-state index is 0.139. The number of amides is 1. The summed E-state index contributed by atoms with van der Waals surface area (Å²) in [5.41, 5.74) is 0. The molecule has 2 aliphatic rings. The van der Waals surface area contributed by atoms with E-state index in [0.29, 0.717) is 6.54 Å². The van der Waals surface area contributed by atoms with Crippen LogP contribution in [0.3, 0.4) is 0 Å². The molecule has 8 nitrogen and oxygen atoms in total. The van der Waals surface area contributed by atoms with E-state index in [1.165, 1.54) is 16.3 Å². The van der Waals surface area contributed by atoms with Crippen molar-refractivity contribution in [2.75, 3.05) is 33.7 Å². The minimum Gasteiger partial charge on any atom is -0.480 e. The number of carboxylic acid groups (broad SMARTS) is 1. The molecule has 0 aromatic heterocycles. The molecule has 3 atom stereocenters. The Morgan fingerprint density at radius 3 is 2.09 bits per heavy atom. The van der Waals surface area contributed by atoms with Gasteiger partial charge in [-0.25, -0.2) is 13.2 Å². The molecular weight excluding hydrogens is 310 g/mol. The number of aliphatic carboxylic acids is 1. The van der Waals surface area contributed by atoms with Crippen LogP contribution >= 0.6 is 0 Å². The SMILES string of the molecule is CC(C)C(C(=O)O)N(C)C(=O)C1CN(S(=O)(=O)C2CN2C)C1. The number of hydrogen-bond acceptors (Lipinski definition) is 5. The number of sulfonamides is 1. The molecule has 0 radical (unpaired) electrons. The molecule has 0 bridgehead atoms. The van der Waals surface area contributed by atoms with Crippen molar-refractivity contribution < 1.29 is 23.1 Å². The molecule has 2 saturated heterocycles. The second-order valence-corrected chi connectivity index (χ2v) is 8.52. The molecule has 3 unspecified atom stereocenters. The zero-order valence-electron chi connectivity index (χ0n) is 13.3. The maximum Gasteiger partial charge on any atom is 0.326 e. The second kappa shape index (κ2) is 5.78. The first-order valence-electron chi connectivity index (χ1n) is 7.26. The fourth-order valence-corrected chi connectivity index (χ4v) is 4.82. The number of rotatable bonds is 6. The maximum absolute atomic E-state index is 12.3. The Morgan fingerprint density at radius 2 is 1.73 bits per heavy atom. The van der Waals surface area contributed by atoms with Crippen molar-refractivity contribution in [1.82, 2.24) is 14.1 Å². The predicted molar refractivity (Wildman–Crippen MR) is 79.4 cm³/mol. The number of nitrogens with zero attached hydrogens (tertiary/aromatic N) is 3. The summed E-state index contributed by atoms with van der Waals surface area (Å²) in [4.78, 5) is 26.5. The average Bonchev–Trinajstić information content (AvgIpc) is 3.03. The van der Waals surface area contributed by atoms with Gasteiger partial charge in [0.25, 0.3) is 0 Å². The summed E-state index contributed by atoms with van der Waals surface area (Å²) in [6.45, 7) is 4.28. The molecule has 0 spiro atoms. The van der Waals surface area contributed by atoms with E-state index in [4.69, 9.17) is 0 Å². The van der Waals surface area contributed by atoms with Crippen LogP contribution in [-0.2, 0) is 19.6 Å².